The molecule has 0 atom stereocenters. The largest absolute Gasteiger partial charge is 0.234 e. The summed E-state index contributed by atoms with van der Waals surface area (Å²) >= 11 is 7.51. The van der Waals surface area contributed by atoms with Gasteiger partial charge in [0.15, 0.2) is 5.82 Å². The molecule has 0 amide bonds. The summed E-state index contributed by atoms with van der Waals surface area (Å²) in [5.41, 5.74) is 2.23. The van der Waals surface area contributed by atoms with Crippen LogP contribution < -0.4 is 0 Å². The number of rotatable bonds is 4. The second-order valence-electron chi connectivity index (χ2n) is 5.30. The molecule has 6 heteroatoms. The Labute approximate surface area is 148 Å². The van der Waals surface area contributed by atoms with Gasteiger partial charge in [-0.1, -0.05) is 71.5 Å². The van der Waals surface area contributed by atoms with E-state index in [-0.39, 0.29) is 0 Å². The lowest BCUT2D eigenvalue weighted by Crippen LogP contribution is -1.97. The fourth-order valence-electron chi connectivity index (χ4n) is 2.41. The normalized spacial score (nSPS) is 11.5. The van der Waals surface area contributed by atoms with E-state index in [1.54, 1.807) is 0 Å². The predicted molar refractivity (Wildman–Crippen MR) is 98.3 cm³/mol. The molecule has 4 nitrogen and oxygen atoms in total. The molecule has 0 saturated carbocycles. The monoisotopic (exact) mass is 352 g/mol. The molecule has 0 bridgehead atoms. The Hall–Kier alpha value is -2.50. The molecule has 0 aliphatic carbocycles. The average Bonchev–Trinajstić information content (AvgIpc) is 3.16. The highest BCUT2D eigenvalue weighted by Crippen LogP contribution is 2.19. The Balaban J connectivity index is 1.60. The third kappa shape index (κ3) is 3.22. The highest BCUT2D eigenvalue weighted by molar-refractivity contribution is 7.17. The van der Waals surface area contributed by atoms with E-state index in [1.165, 1.54) is 16.9 Å². The van der Waals surface area contributed by atoms with Crippen LogP contribution in [0.3, 0.4) is 0 Å². The highest BCUT2D eigenvalue weighted by Gasteiger charge is 2.10. The van der Waals surface area contributed by atoms with E-state index in [0.29, 0.717) is 6.42 Å². The van der Waals surface area contributed by atoms with Crippen molar-refractivity contribution in [1.29, 1.82) is 0 Å². The Kier molecular flexibility index (Phi) is 4.11. The summed E-state index contributed by atoms with van der Waals surface area (Å²) in [4.78, 5) is 0.798. The standard InChI is InChI=1S/C18H13ClN4S/c19-15-8-4-7-14(11-15)9-10-17-22-23-16(20-21-18(23)24-17)12-13-5-2-1-3-6-13/h1-11H,12H2/b10-9+. The first-order valence-corrected chi connectivity index (χ1v) is 8.66. The van der Waals surface area contributed by atoms with Crippen LogP contribution in [0.15, 0.2) is 54.6 Å². The summed E-state index contributed by atoms with van der Waals surface area (Å²) in [6.45, 7) is 0. The Bertz CT molecular complexity index is 1000. The van der Waals surface area contributed by atoms with Gasteiger partial charge in [-0.15, -0.1) is 10.2 Å². The van der Waals surface area contributed by atoms with E-state index >= 15 is 0 Å². The van der Waals surface area contributed by atoms with Gasteiger partial charge >= 0.3 is 0 Å². The van der Waals surface area contributed by atoms with Crippen LogP contribution in [0.4, 0.5) is 0 Å². The summed E-state index contributed by atoms with van der Waals surface area (Å²) in [7, 11) is 0. The molecule has 24 heavy (non-hydrogen) atoms. The first kappa shape index (κ1) is 15.1. The Morgan fingerprint density at radius 3 is 2.71 bits per heavy atom. The fourth-order valence-corrected chi connectivity index (χ4v) is 3.36. The molecule has 0 fully saturated rings. The predicted octanol–water partition coefficient (Wildman–Crippen LogP) is 4.60. The lowest BCUT2D eigenvalue weighted by molar-refractivity contribution is 0.848. The molecule has 0 aliphatic heterocycles. The van der Waals surface area contributed by atoms with Crippen LogP contribution in [0, 0.1) is 0 Å². The summed E-state index contributed by atoms with van der Waals surface area (Å²) in [6, 6.07) is 17.9. The minimum atomic E-state index is 0.711. The maximum Gasteiger partial charge on any atom is 0.234 e. The number of aromatic nitrogens is 4. The van der Waals surface area contributed by atoms with Crippen LogP contribution in [-0.4, -0.2) is 19.8 Å². The van der Waals surface area contributed by atoms with Crippen molar-refractivity contribution in [2.75, 3.05) is 0 Å². The zero-order valence-corrected chi connectivity index (χ0v) is 14.2. The second-order valence-corrected chi connectivity index (χ2v) is 6.73. The Morgan fingerprint density at radius 2 is 1.88 bits per heavy atom. The van der Waals surface area contributed by atoms with Crippen molar-refractivity contribution in [3.63, 3.8) is 0 Å². The van der Waals surface area contributed by atoms with Gasteiger partial charge in [0.1, 0.15) is 5.01 Å². The fraction of sp³-hybridized carbons (Fsp3) is 0.0556. The van der Waals surface area contributed by atoms with Crippen molar-refractivity contribution in [2.24, 2.45) is 0 Å². The van der Waals surface area contributed by atoms with Gasteiger partial charge in [0.25, 0.3) is 0 Å². The molecule has 4 aromatic rings. The average molecular weight is 353 g/mol. The third-order valence-corrected chi connectivity index (χ3v) is 4.64. The second kappa shape index (κ2) is 6.55. The molecule has 2 heterocycles. The summed E-state index contributed by atoms with van der Waals surface area (Å²) in [5.74, 6) is 0.842. The van der Waals surface area contributed by atoms with Crippen molar-refractivity contribution >= 4 is 40.1 Å². The van der Waals surface area contributed by atoms with Crippen molar-refractivity contribution in [2.45, 2.75) is 6.42 Å². The van der Waals surface area contributed by atoms with Gasteiger partial charge in [-0.2, -0.15) is 9.61 Å². The molecule has 0 unspecified atom stereocenters. The molecule has 0 aliphatic rings. The number of hydrogen-bond acceptors (Lipinski definition) is 4. The molecular formula is C18H13ClN4S. The van der Waals surface area contributed by atoms with Gasteiger partial charge in [-0.3, -0.25) is 0 Å². The molecule has 0 N–H and O–H groups in total. The molecule has 2 aromatic carbocycles. The van der Waals surface area contributed by atoms with Crippen LogP contribution >= 0.6 is 22.9 Å². The quantitative estimate of drug-likeness (QED) is 0.539. The number of fused-ring (bicyclic) bond motifs is 1. The van der Waals surface area contributed by atoms with Gasteiger partial charge in [0.2, 0.25) is 4.96 Å². The van der Waals surface area contributed by atoms with Gasteiger partial charge in [-0.05, 0) is 29.3 Å². The molecular weight excluding hydrogens is 340 g/mol. The number of nitrogens with zero attached hydrogens (tertiary/aromatic N) is 4. The summed E-state index contributed by atoms with van der Waals surface area (Å²) in [5, 5.41) is 14.7. The number of halogens is 1. The van der Waals surface area contributed by atoms with E-state index in [2.05, 4.69) is 27.4 Å². The maximum absolute atomic E-state index is 6.00. The molecule has 0 spiro atoms. The maximum atomic E-state index is 6.00. The van der Waals surface area contributed by atoms with E-state index in [1.807, 2.05) is 59.1 Å². The molecule has 118 valence electrons. The van der Waals surface area contributed by atoms with Crippen molar-refractivity contribution in [1.82, 2.24) is 19.8 Å². The van der Waals surface area contributed by atoms with Crippen molar-refractivity contribution < 1.29 is 0 Å². The van der Waals surface area contributed by atoms with Crippen molar-refractivity contribution in [3.8, 4) is 0 Å². The SMILES string of the molecule is Clc1cccc(/C=C/c2nn3c(Cc4ccccc4)nnc3s2)c1. The van der Waals surface area contributed by atoms with Crippen molar-refractivity contribution in [3.05, 3.63) is 81.6 Å². The molecule has 0 radical (unpaired) electrons. The molecule has 2 aromatic heterocycles. The van der Waals surface area contributed by atoms with Crippen LogP contribution in [0.25, 0.3) is 17.1 Å². The lowest BCUT2D eigenvalue weighted by atomic mass is 10.1. The van der Waals surface area contributed by atoms with Gasteiger partial charge in [-0.25, -0.2) is 0 Å². The Morgan fingerprint density at radius 1 is 1.00 bits per heavy atom. The highest BCUT2D eigenvalue weighted by atomic mass is 35.5. The lowest BCUT2D eigenvalue weighted by Gasteiger charge is -1.97. The van der Waals surface area contributed by atoms with Crippen LogP contribution in [0.1, 0.15) is 22.0 Å². The van der Waals surface area contributed by atoms with Crippen LogP contribution in [0.5, 0.6) is 0 Å². The first-order chi connectivity index (χ1) is 11.8. The first-order valence-electron chi connectivity index (χ1n) is 7.47. The van der Waals surface area contributed by atoms with E-state index in [9.17, 15) is 0 Å². The van der Waals surface area contributed by atoms with Gasteiger partial charge < -0.3 is 0 Å². The van der Waals surface area contributed by atoms with E-state index in [0.717, 1.165) is 26.4 Å². The summed E-state index contributed by atoms with van der Waals surface area (Å²) < 4.78 is 1.81. The summed E-state index contributed by atoms with van der Waals surface area (Å²) in [6.07, 6.45) is 4.68. The van der Waals surface area contributed by atoms with Crippen LogP contribution in [-0.2, 0) is 6.42 Å². The van der Waals surface area contributed by atoms with Crippen LogP contribution in [0.2, 0.25) is 5.02 Å². The third-order valence-electron chi connectivity index (χ3n) is 3.54. The topological polar surface area (TPSA) is 43.1 Å². The zero-order chi connectivity index (χ0) is 16.4. The minimum absolute atomic E-state index is 0.711. The van der Waals surface area contributed by atoms with E-state index < -0.39 is 0 Å². The smallest absolute Gasteiger partial charge is 0.187 e. The number of hydrogen-bond donors (Lipinski definition) is 0. The number of benzene rings is 2. The minimum Gasteiger partial charge on any atom is -0.187 e. The van der Waals surface area contributed by atoms with E-state index in [4.69, 9.17) is 11.6 Å². The molecule has 0 saturated heterocycles. The zero-order valence-electron chi connectivity index (χ0n) is 12.6. The van der Waals surface area contributed by atoms with Gasteiger partial charge in [0.05, 0.1) is 0 Å². The molecule has 4 rings (SSSR count). The van der Waals surface area contributed by atoms with Gasteiger partial charge in [0, 0.05) is 11.4 Å².